The summed E-state index contributed by atoms with van der Waals surface area (Å²) in [6.07, 6.45) is 5.68. The van der Waals surface area contributed by atoms with Crippen LogP contribution in [0, 0.1) is 5.92 Å². The summed E-state index contributed by atoms with van der Waals surface area (Å²) in [4.78, 5) is 5.19. The molecular weight excluding hydrogens is 510 g/mol. The predicted octanol–water partition coefficient (Wildman–Crippen LogP) is 2.74. The second-order valence-electron chi connectivity index (χ2n) is 9.57. The maximum atomic E-state index is 11.6. The zero-order valence-electron chi connectivity index (χ0n) is 22.1. The first-order valence-corrected chi connectivity index (χ1v) is 15.9. The highest BCUT2D eigenvalue weighted by Gasteiger charge is 2.19. The van der Waals surface area contributed by atoms with Crippen molar-refractivity contribution in [1.82, 2.24) is 9.44 Å². The van der Waals surface area contributed by atoms with E-state index in [1.807, 2.05) is 24.3 Å². The van der Waals surface area contributed by atoms with Crippen LogP contribution >= 0.6 is 0 Å². The summed E-state index contributed by atoms with van der Waals surface area (Å²) in [7, 11) is -3.83. The third kappa shape index (κ3) is 7.90. The quantitative estimate of drug-likeness (QED) is 0.483. The minimum absolute atomic E-state index is 0.294. The lowest BCUT2D eigenvalue weighted by atomic mass is 9.94. The summed E-state index contributed by atoms with van der Waals surface area (Å²) in [6, 6.07) is 14.4. The molecule has 4 N–H and O–H groups in total. The van der Waals surface area contributed by atoms with Crippen molar-refractivity contribution in [3.63, 3.8) is 0 Å². The number of nitrogens with zero attached hydrogens (tertiary/aromatic N) is 2. The minimum Gasteiger partial charge on any atom is -0.372 e. The Hall–Kier alpha value is -2.18. The van der Waals surface area contributed by atoms with Crippen LogP contribution in [0.3, 0.4) is 0 Å². The van der Waals surface area contributed by atoms with Crippen molar-refractivity contribution in [2.75, 3.05) is 50.1 Å². The van der Waals surface area contributed by atoms with E-state index in [0.29, 0.717) is 15.8 Å². The summed E-state index contributed by atoms with van der Waals surface area (Å²) in [5, 5.41) is 0. The molecule has 0 unspecified atom stereocenters. The van der Waals surface area contributed by atoms with Crippen LogP contribution < -0.4 is 25.0 Å². The van der Waals surface area contributed by atoms with Crippen LogP contribution in [0.25, 0.3) is 0 Å². The van der Waals surface area contributed by atoms with Crippen LogP contribution in [0.2, 0.25) is 0 Å². The molecule has 0 spiro atoms. The van der Waals surface area contributed by atoms with Gasteiger partial charge in [0.25, 0.3) is 0 Å². The molecule has 2 saturated heterocycles. The Morgan fingerprint density at radius 3 is 1.38 bits per heavy atom. The highest BCUT2D eigenvalue weighted by Crippen LogP contribution is 2.26. The number of anilines is 2. The van der Waals surface area contributed by atoms with Crippen molar-refractivity contribution in [2.24, 2.45) is 11.7 Å². The molecule has 0 aliphatic carbocycles. The van der Waals surface area contributed by atoms with Gasteiger partial charge in [0.2, 0.25) is 20.0 Å². The average Bonchev–Trinajstić information content (AvgIpc) is 2.94. The van der Waals surface area contributed by atoms with Crippen LogP contribution in [0.1, 0.15) is 39.0 Å². The molecule has 2 fully saturated rings. The van der Waals surface area contributed by atoms with Gasteiger partial charge in [-0.1, -0.05) is 13.3 Å². The number of nitrogens with one attached hydrogen (secondary N) is 2. The van der Waals surface area contributed by atoms with Gasteiger partial charge in [-0.3, -0.25) is 0 Å². The molecule has 206 valence electrons. The van der Waals surface area contributed by atoms with E-state index in [2.05, 4.69) is 26.2 Å². The van der Waals surface area contributed by atoms with Crippen LogP contribution in [-0.4, -0.2) is 63.2 Å². The molecule has 0 amide bonds. The molecule has 2 aromatic carbocycles. The first kappa shape index (κ1) is 29.4. The van der Waals surface area contributed by atoms with Crippen molar-refractivity contribution in [3.05, 3.63) is 48.5 Å². The van der Waals surface area contributed by atoms with Crippen LogP contribution in [0.15, 0.2) is 58.3 Å². The van der Waals surface area contributed by atoms with Gasteiger partial charge in [0, 0.05) is 43.6 Å². The molecule has 0 radical (unpaired) electrons. The molecule has 37 heavy (non-hydrogen) atoms. The fourth-order valence-electron chi connectivity index (χ4n) is 4.66. The van der Waals surface area contributed by atoms with Gasteiger partial charge in [0.15, 0.2) is 0 Å². The summed E-state index contributed by atoms with van der Waals surface area (Å²) >= 11 is 0. The van der Waals surface area contributed by atoms with Crippen LogP contribution in [0.5, 0.6) is 0 Å². The number of piperidine rings is 2. The lowest BCUT2D eigenvalue weighted by Gasteiger charge is -2.33. The largest absolute Gasteiger partial charge is 0.372 e. The zero-order valence-corrected chi connectivity index (χ0v) is 23.7. The van der Waals surface area contributed by atoms with E-state index in [0.717, 1.165) is 56.3 Å². The molecule has 0 saturated carbocycles. The minimum atomic E-state index is -3.34. The number of rotatable bonds is 7. The Labute approximate surface area is 222 Å². The van der Waals surface area contributed by atoms with Crippen LogP contribution in [-0.2, 0) is 20.0 Å². The summed E-state index contributed by atoms with van der Waals surface area (Å²) in [6.45, 7) is 6.24. The fourth-order valence-corrected chi connectivity index (χ4v) is 6.13. The normalized spacial score (nSPS) is 17.8. The molecule has 2 aliphatic rings. The number of hydrogen-bond acceptors (Lipinski definition) is 7. The van der Waals surface area contributed by atoms with E-state index in [4.69, 9.17) is 5.73 Å². The first-order chi connectivity index (χ1) is 17.6. The molecule has 11 heteroatoms. The van der Waals surface area contributed by atoms with E-state index < -0.39 is 20.0 Å². The predicted molar refractivity (Wildman–Crippen MR) is 150 cm³/mol. The Bertz CT molecular complexity index is 1190. The van der Waals surface area contributed by atoms with Crippen molar-refractivity contribution >= 4 is 31.4 Å². The number of benzene rings is 2. The highest BCUT2D eigenvalue weighted by molar-refractivity contribution is 7.89. The maximum Gasteiger partial charge on any atom is 0.240 e. The smallest absolute Gasteiger partial charge is 0.240 e. The van der Waals surface area contributed by atoms with Crippen LogP contribution in [0.4, 0.5) is 11.4 Å². The van der Waals surface area contributed by atoms with E-state index >= 15 is 0 Å². The molecule has 2 aliphatic heterocycles. The zero-order chi connectivity index (χ0) is 27.1. The Balaban J connectivity index is 0.000000206. The van der Waals surface area contributed by atoms with Gasteiger partial charge >= 0.3 is 0 Å². The maximum absolute atomic E-state index is 11.6. The molecule has 2 aromatic rings. The number of sulfonamides is 2. The summed E-state index contributed by atoms with van der Waals surface area (Å²) < 4.78 is 51.1. The van der Waals surface area contributed by atoms with Crippen molar-refractivity contribution < 1.29 is 16.8 Å². The molecule has 4 rings (SSSR count). The molecule has 0 bridgehead atoms. The third-order valence-corrected chi connectivity index (χ3v) is 10.2. The van der Waals surface area contributed by atoms with E-state index in [9.17, 15) is 16.8 Å². The van der Waals surface area contributed by atoms with Gasteiger partial charge < -0.3 is 15.5 Å². The summed E-state index contributed by atoms with van der Waals surface area (Å²) in [5.74, 6) is 0.847. The first-order valence-electron chi connectivity index (χ1n) is 12.9. The number of hydrogen-bond donors (Lipinski definition) is 3. The lowest BCUT2D eigenvalue weighted by Crippen LogP contribution is -2.39. The lowest BCUT2D eigenvalue weighted by molar-refractivity contribution is 0.395. The topological polar surface area (TPSA) is 125 Å². The van der Waals surface area contributed by atoms with Gasteiger partial charge in [0.1, 0.15) is 0 Å². The molecule has 0 atom stereocenters. The third-order valence-electron chi connectivity index (χ3n) is 7.29. The highest BCUT2D eigenvalue weighted by atomic mass is 32.2. The van der Waals surface area contributed by atoms with Crippen molar-refractivity contribution in [3.8, 4) is 0 Å². The number of nitrogens with two attached hydrogens (primary N) is 1. The fraction of sp³-hybridized carbons (Fsp3) is 0.538. The monoisotopic (exact) mass is 551 g/mol. The van der Waals surface area contributed by atoms with Crippen molar-refractivity contribution in [1.29, 1.82) is 0 Å². The molecule has 9 nitrogen and oxygen atoms in total. The molecule has 0 aromatic heterocycles. The second kappa shape index (κ2) is 13.1. The van der Waals surface area contributed by atoms with Gasteiger partial charge in [-0.25, -0.2) is 26.3 Å². The SMILES string of the molecule is CCC1CCN(c2ccc(S(=O)(=O)NC)cc2)CC1.CNS(=O)(=O)c1ccc(N2CCC(N)CC2)cc1. The second-order valence-corrected chi connectivity index (χ2v) is 13.3. The standard InChI is InChI=1S/C14H22N2O2S.C12H19N3O2S/c1-3-12-8-10-16(11-9-12)13-4-6-14(7-5-13)19(17,18)15-2;1-14-18(16,17)12-4-2-11(3-5-12)15-8-6-10(13)7-9-15/h4-7,12,15H,3,8-11H2,1-2H3;2-5,10,14H,6-9,13H2,1H3. The van der Waals surface area contributed by atoms with Gasteiger partial charge in [-0.15, -0.1) is 0 Å². The average molecular weight is 552 g/mol. The van der Waals surface area contributed by atoms with Crippen molar-refractivity contribution in [2.45, 2.75) is 54.9 Å². The Morgan fingerprint density at radius 1 is 0.703 bits per heavy atom. The van der Waals surface area contributed by atoms with E-state index in [1.165, 1.54) is 33.4 Å². The van der Waals surface area contributed by atoms with Gasteiger partial charge in [-0.2, -0.15) is 0 Å². The molecule has 2 heterocycles. The Kier molecular flexibility index (Phi) is 10.4. The van der Waals surface area contributed by atoms with Gasteiger partial charge in [-0.05, 0) is 94.2 Å². The van der Waals surface area contributed by atoms with E-state index in [1.54, 1.807) is 24.3 Å². The Morgan fingerprint density at radius 2 is 1.05 bits per heavy atom. The van der Waals surface area contributed by atoms with Gasteiger partial charge in [0.05, 0.1) is 9.79 Å². The summed E-state index contributed by atoms with van der Waals surface area (Å²) in [5.41, 5.74) is 8.03. The van der Waals surface area contributed by atoms with E-state index in [-0.39, 0.29) is 0 Å². The molecular formula is C26H41N5O4S2.